The van der Waals surface area contributed by atoms with Crippen LogP contribution in [-0.2, 0) is 4.74 Å². The minimum Gasteiger partial charge on any atom is -0.497 e. The van der Waals surface area contributed by atoms with E-state index in [0.717, 1.165) is 22.8 Å². The predicted octanol–water partition coefficient (Wildman–Crippen LogP) is 3.70. The highest BCUT2D eigenvalue weighted by Gasteiger charge is 2.39. The summed E-state index contributed by atoms with van der Waals surface area (Å²) in [4.78, 5) is 0. The van der Waals surface area contributed by atoms with Crippen molar-refractivity contribution in [3.63, 3.8) is 0 Å². The molecule has 126 valence electrons. The summed E-state index contributed by atoms with van der Waals surface area (Å²) >= 11 is 0. The van der Waals surface area contributed by atoms with Crippen LogP contribution in [0.1, 0.15) is 30.4 Å². The lowest BCUT2D eigenvalue weighted by Gasteiger charge is -2.39. The quantitative estimate of drug-likeness (QED) is 0.860. The summed E-state index contributed by atoms with van der Waals surface area (Å²) in [5.41, 5.74) is 2.27. The van der Waals surface area contributed by atoms with Gasteiger partial charge in [0.1, 0.15) is 11.5 Å². The first-order valence-corrected chi connectivity index (χ1v) is 7.93. The van der Waals surface area contributed by atoms with Gasteiger partial charge in [0.2, 0.25) is 12.6 Å². The molecule has 24 heavy (non-hydrogen) atoms. The van der Waals surface area contributed by atoms with Crippen LogP contribution in [0, 0.1) is 0 Å². The van der Waals surface area contributed by atoms with Gasteiger partial charge in [0.15, 0.2) is 11.5 Å². The number of fused-ring (bicyclic) bond motifs is 2. The van der Waals surface area contributed by atoms with Crippen LogP contribution >= 0.6 is 0 Å². The van der Waals surface area contributed by atoms with Crippen molar-refractivity contribution in [3.8, 4) is 23.0 Å². The number of benzene rings is 2. The van der Waals surface area contributed by atoms with Crippen molar-refractivity contribution < 1.29 is 23.7 Å². The standard InChI is InChI=1S/C19H20O5/c1-19(21-3)10-15(12-4-6-13(20-2)7-5-12)14-8-17-18(23-11-22-17)9-16(14)24-19/h4-9,15H,10-11H2,1-3H3. The highest BCUT2D eigenvalue weighted by Crippen LogP contribution is 2.49. The zero-order valence-corrected chi connectivity index (χ0v) is 14.0. The Morgan fingerprint density at radius 2 is 1.71 bits per heavy atom. The van der Waals surface area contributed by atoms with E-state index in [0.29, 0.717) is 12.2 Å². The van der Waals surface area contributed by atoms with E-state index in [1.54, 1.807) is 14.2 Å². The Kier molecular flexibility index (Phi) is 3.53. The maximum absolute atomic E-state index is 6.11. The molecular weight excluding hydrogens is 308 g/mol. The Balaban J connectivity index is 1.80. The molecule has 4 rings (SSSR count). The van der Waals surface area contributed by atoms with Gasteiger partial charge in [-0.1, -0.05) is 12.1 Å². The second kappa shape index (κ2) is 5.60. The summed E-state index contributed by atoms with van der Waals surface area (Å²) in [5.74, 6) is 2.53. The van der Waals surface area contributed by atoms with Gasteiger partial charge in [-0.25, -0.2) is 0 Å². The van der Waals surface area contributed by atoms with E-state index in [1.165, 1.54) is 5.56 Å². The molecule has 0 spiro atoms. The molecule has 2 aromatic carbocycles. The predicted molar refractivity (Wildman–Crippen MR) is 88.1 cm³/mol. The van der Waals surface area contributed by atoms with Gasteiger partial charge >= 0.3 is 0 Å². The summed E-state index contributed by atoms with van der Waals surface area (Å²) < 4.78 is 28.0. The molecule has 0 bridgehead atoms. The van der Waals surface area contributed by atoms with Crippen molar-refractivity contribution in [1.29, 1.82) is 0 Å². The number of hydrogen-bond acceptors (Lipinski definition) is 5. The van der Waals surface area contributed by atoms with Crippen LogP contribution in [0.4, 0.5) is 0 Å². The van der Waals surface area contributed by atoms with Crippen molar-refractivity contribution in [3.05, 3.63) is 47.5 Å². The minimum atomic E-state index is -0.689. The molecule has 0 N–H and O–H groups in total. The Labute approximate surface area is 141 Å². The fourth-order valence-electron chi connectivity index (χ4n) is 3.31. The average Bonchev–Trinajstić information content (AvgIpc) is 3.06. The van der Waals surface area contributed by atoms with E-state index in [4.69, 9.17) is 23.7 Å². The zero-order valence-electron chi connectivity index (χ0n) is 14.0. The third-order valence-electron chi connectivity index (χ3n) is 4.73. The Morgan fingerprint density at radius 3 is 2.38 bits per heavy atom. The maximum Gasteiger partial charge on any atom is 0.231 e. The van der Waals surface area contributed by atoms with Crippen molar-refractivity contribution >= 4 is 0 Å². The van der Waals surface area contributed by atoms with Crippen LogP contribution < -0.4 is 18.9 Å². The van der Waals surface area contributed by atoms with Crippen molar-refractivity contribution in [2.75, 3.05) is 21.0 Å². The van der Waals surface area contributed by atoms with Gasteiger partial charge in [0.05, 0.1) is 7.11 Å². The smallest absolute Gasteiger partial charge is 0.231 e. The monoisotopic (exact) mass is 328 g/mol. The van der Waals surface area contributed by atoms with Crippen LogP contribution in [0.15, 0.2) is 36.4 Å². The van der Waals surface area contributed by atoms with E-state index in [2.05, 4.69) is 12.1 Å². The van der Waals surface area contributed by atoms with Crippen LogP contribution in [0.2, 0.25) is 0 Å². The molecule has 0 aliphatic carbocycles. The van der Waals surface area contributed by atoms with E-state index in [-0.39, 0.29) is 12.7 Å². The zero-order chi connectivity index (χ0) is 16.7. The molecule has 2 atom stereocenters. The van der Waals surface area contributed by atoms with E-state index in [1.807, 2.05) is 31.2 Å². The normalized spacial score (nSPS) is 24.2. The molecule has 0 saturated carbocycles. The first-order valence-electron chi connectivity index (χ1n) is 7.93. The maximum atomic E-state index is 6.11. The fourth-order valence-corrected chi connectivity index (χ4v) is 3.31. The summed E-state index contributed by atoms with van der Waals surface area (Å²) in [6.07, 6.45) is 0.711. The number of methoxy groups -OCH3 is 2. The van der Waals surface area contributed by atoms with Gasteiger partial charge in [0.25, 0.3) is 0 Å². The second-order valence-corrected chi connectivity index (χ2v) is 6.21. The molecule has 2 heterocycles. The van der Waals surface area contributed by atoms with Crippen LogP contribution in [0.25, 0.3) is 0 Å². The summed E-state index contributed by atoms with van der Waals surface area (Å²) in [6, 6.07) is 12.0. The summed E-state index contributed by atoms with van der Waals surface area (Å²) in [5, 5.41) is 0. The molecule has 2 aromatic rings. The molecule has 5 heteroatoms. The van der Waals surface area contributed by atoms with Gasteiger partial charge < -0.3 is 23.7 Å². The Hall–Kier alpha value is -2.40. The highest BCUT2D eigenvalue weighted by molar-refractivity contribution is 5.56. The fraction of sp³-hybridized carbons (Fsp3) is 0.368. The Bertz CT molecular complexity index is 755. The van der Waals surface area contributed by atoms with Crippen LogP contribution in [0.3, 0.4) is 0 Å². The molecule has 0 radical (unpaired) electrons. The Morgan fingerprint density at radius 1 is 1.00 bits per heavy atom. The molecule has 0 fully saturated rings. The topological polar surface area (TPSA) is 46.2 Å². The lowest BCUT2D eigenvalue weighted by Crippen LogP contribution is -2.40. The first kappa shape index (κ1) is 15.1. The minimum absolute atomic E-state index is 0.138. The van der Waals surface area contributed by atoms with Crippen LogP contribution in [0.5, 0.6) is 23.0 Å². The summed E-state index contributed by atoms with van der Waals surface area (Å²) in [7, 11) is 3.34. The molecule has 0 aromatic heterocycles. The van der Waals surface area contributed by atoms with Gasteiger partial charge in [-0.2, -0.15) is 0 Å². The van der Waals surface area contributed by atoms with Gasteiger partial charge in [0, 0.05) is 38.0 Å². The van der Waals surface area contributed by atoms with Crippen molar-refractivity contribution in [2.45, 2.75) is 25.0 Å². The SMILES string of the molecule is COc1ccc(C2CC(C)(OC)Oc3cc4c(cc32)OCO4)cc1. The molecular formula is C19H20O5. The molecule has 0 saturated heterocycles. The van der Waals surface area contributed by atoms with Crippen molar-refractivity contribution in [1.82, 2.24) is 0 Å². The second-order valence-electron chi connectivity index (χ2n) is 6.21. The molecule has 2 aliphatic rings. The van der Waals surface area contributed by atoms with Gasteiger partial charge in [-0.05, 0) is 23.8 Å². The third-order valence-corrected chi connectivity index (χ3v) is 4.73. The van der Waals surface area contributed by atoms with Gasteiger partial charge in [-0.3, -0.25) is 0 Å². The van der Waals surface area contributed by atoms with Crippen LogP contribution in [-0.4, -0.2) is 26.8 Å². The third kappa shape index (κ3) is 2.45. The van der Waals surface area contributed by atoms with E-state index < -0.39 is 5.79 Å². The van der Waals surface area contributed by atoms with Crippen molar-refractivity contribution in [2.24, 2.45) is 0 Å². The number of hydrogen-bond donors (Lipinski definition) is 0. The van der Waals surface area contributed by atoms with E-state index >= 15 is 0 Å². The molecule has 0 amide bonds. The largest absolute Gasteiger partial charge is 0.497 e. The highest BCUT2D eigenvalue weighted by atomic mass is 16.7. The van der Waals surface area contributed by atoms with E-state index in [9.17, 15) is 0 Å². The number of rotatable bonds is 3. The van der Waals surface area contributed by atoms with Gasteiger partial charge in [-0.15, -0.1) is 0 Å². The lowest BCUT2D eigenvalue weighted by molar-refractivity contribution is -0.163. The molecule has 5 nitrogen and oxygen atoms in total. The number of ether oxygens (including phenoxy) is 5. The molecule has 2 unspecified atom stereocenters. The lowest BCUT2D eigenvalue weighted by atomic mass is 9.83. The summed E-state index contributed by atoms with van der Waals surface area (Å²) in [6.45, 7) is 2.20. The molecule has 2 aliphatic heterocycles. The average molecular weight is 328 g/mol. The first-order chi connectivity index (χ1) is 11.6.